The molecular formula is C55H51F7N12O2S. The molecule has 10 N–H and O–H groups in total. The minimum atomic E-state index is -4.90. The standard InChI is InChI=1S/C55H51F7N12O2S/c56-41-18-17-36(23-42(41)70-52(76)44-25-47(55(60,61)62)71-73(44)39-11-1-5-32(19-39)26-63)50(67-28-31-15-16-31)53-68-29-45(77-53)48(65)33-6-4-12-40(22-33)74-43(24-46(72-74)54(57,58)59)51(75)69-38-10-3-8-35(21-38)49(66-27-30-13-14-30)34-7-2-9-37(64)20-34/h1-12,17-25,29-31,48-50,66-67H,13-16,26-28,63-65H2,(H,69,75)(H,70,76). The van der Waals surface area contributed by atoms with E-state index in [0.29, 0.717) is 68.5 Å². The molecule has 14 nitrogen and oxygen atoms in total. The minimum absolute atomic E-state index is 0.0732. The number of halogens is 7. The van der Waals surface area contributed by atoms with E-state index in [1.807, 2.05) is 24.3 Å². The molecule has 2 amide bonds. The quantitative estimate of drug-likeness (QED) is 0.0301. The van der Waals surface area contributed by atoms with Gasteiger partial charge in [0.15, 0.2) is 11.4 Å². The number of carbonyl (C=O) groups is 2. The van der Waals surface area contributed by atoms with E-state index in [0.717, 1.165) is 58.8 Å². The Balaban J connectivity index is 0.902. The van der Waals surface area contributed by atoms with Crippen LogP contribution in [0.1, 0.15) is 114 Å². The maximum atomic E-state index is 15.6. The Morgan fingerprint density at radius 1 is 0.649 bits per heavy atom. The van der Waals surface area contributed by atoms with Gasteiger partial charge in [0.1, 0.15) is 22.2 Å². The highest BCUT2D eigenvalue weighted by atomic mass is 32.1. The summed E-state index contributed by atoms with van der Waals surface area (Å²) < 4.78 is 102. The number of rotatable bonds is 19. The van der Waals surface area contributed by atoms with Gasteiger partial charge in [-0.15, -0.1) is 11.3 Å². The molecule has 0 aliphatic heterocycles. The van der Waals surface area contributed by atoms with Gasteiger partial charge in [0.2, 0.25) is 0 Å². The lowest BCUT2D eigenvalue weighted by Crippen LogP contribution is -2.25. The molecule has 3 atom stereocenters. The monoisotopic (exact) mass is 1080 g/mol. The fourth-order valence-corrected chi connectivity index (χ4v) is 9.94. The number of nitrogens with zero attached hydrogens (tertiary/aromatic N) is 5. The Morgan fingerprint density at radius 2 is 1.21 bits per heavy atom. The third-order valence-corrected chi connectivity index (χ3v) is 14.5. The number of alkyl halides is 6. The molecule has 10 rings (SSSR count). The van der Waals surface area contributed by atoms with Crippen LogP contribution in [0, 0.1) is 17.7 Å². The van der Waals surface area contributed by atoms with Crippen molar-refractivity contribution < 1.29 is 40.3 Å². The molecule has 2 saturated carbocycles. The largest absolute Gasteiger partial charge is 0.435 e. The highest BCUT2D eigenvalue weighted by Crippen LogP contribution is 2.38. The molecule has 8 aromatic rings. The molecule has 2 aliphatic carbocycles. The van der Waals surface area contributed by atoms with Crippen LogP contribution in [0.15, 0.2) is 134 Å². The lowest BCUT2D eigenvalue weighted by Gasteiger charge is -2.21. The Morgan fingerprint density at radius 3 is 1.83 bits per heavy atom. The van der Waals surface area contributed by atoms with Gasteiger partial charge in [0.25, 0.3) is 11.8 Å². The maximum absolute atomic E-state index is 15.6. The summed E-state index contributed by atoms with van der Waals surface area (Å²) in [5.74, 6) is -1.84. The fourth-order valence-electron chi connectivity index (χ4n) is 8.89. The first-order valence-electron chi connectivity index (χ1n) is 24.7. The van der Waals surface area contributed by atoms with Gasteiger partial charge in [-0.2, -0.15) is 36.5 Å². The Labute approximate surface area is 440 Å². The molecule has 3 heterocycles. The molecule has 0 radical (unpaired) electrons. The average Bonchev–Trinajstić information content (AvgIpc) is 4.25. The number of amides is 2. The normalized spacial score (nSPS) is 15.0. The molecule has 22 heteroatoms. The van der Waals surface area contributed by atoms with E-state index in [-0.39, 0.29) is 35.3 Å². The number of hydrogen-bond donors (Lipinski definition) is 7. The fraction of sp³-hybridized carbons (Fsp3) is 0.255. The van der Waals surface area contributed by atoms with Crippen LogP contribution in [0.5, 0.6) is 0 Å². The van der Waals surface area contributed by atoms with Crippen LogP contribution in [-0.2, 0) is 18.9 Å². The molecule has 3 aromatic heterocycles. The summed E-state index contributed by atoms with van der Waals surface area (Å²) in [6, 6.07) is 30.4. The van der Waals surface area contributed by atoms with Gasteiger partial charge in [0.05, 0.1) is 35.2 Å². The van der Waals surface area contributed by atoms with Crippen LogP contribution in [0.3, 0.4) is 0 Å². The number of nitrogen functional groups attached to an aromatic ring is 1. The molecule has 2 aliphatic rings. The number of carbonyl (C=O) groups excluding carboxylic acids is 2. The number of nitrogens with one attached hydrogen (secondary N) is 4. The second-order valence-corrected chi connectivity index (χ2v) is 20.3. The minimum Gasteiger partial charge on any atom is -0.399 e. The molecule has 77 heavy (non-hydrogen) atoms. The smallest absolute Gasteiger partial charge is 0.399 e. The second kappa shape index (κ2) is 21.7. The summed E-state index contributed by atoms with van der Waals surface area (Å²) in [5.41, 5.74) is 19.3. The van der Waals surface area contributed by atoms with Gasteiger partial charge < -0.3 is 38.5 Å². The van der Waals surface area contributed by atoms with Crippen molar-refractivity contribution in [2.45, 2.75) is 62.7 Å². The highest BCUT2D eigenvalue weighted by molar-refractivity contribution is 7.11. The van der Waals surface area contributed by atoms with Crippen LogP contribution in [0.4, 0.5) is 47.8 Å². The summed E-state index contributed by atoms with van der Waals surface area (Å²) >= 11 is 1.21. The lowest BCUT2D eigenvalue weighted by atomic mass is 9.97. The first kappa shape index (κ1) is 52.7. The van der Waals surface area contributed by atoms with Crippen molar-refractivity contribution in [1.29, 1.82) is 0 Å². The van der Waals surface area contributed by atoms with Crippen LogP contribution in [-0.4, -0.2) is 49.4 Å². The van der Waals surface area contributed by atoms with Gasteiger partial charge in [0, 0.05) is 41.1 Å². The lowest BCUT2D eigenvalue weighted by molar-refractivity contribution is -0.142. The maximum Gasteiger partial charge on any atom is 0.435 e. The number of aromatic nitrogens is 5. The molecule has 0 bridgehead atoms. The van der Waals surface area contributed by atoms with Crippen molar-refractivity contribution in [2.24, 2.45) is 23.3 Å². The number of thiazole rings is 1. The van der Waals surface area contributed by atoms with Crippen molar-refractivity contribution in [3.63, 3.8) is 0 Å². The van der Waals surface area contributed by atoms with Crippen molar-refractivity contribution in [3.05, 3.63) is 200 Å². The zero-order valence-electron chi connectivity index (χ0n) is 40.9. The Kier molecular flexibility index (Phi) is 14.8. The van der Waals surface area contributed by atoms with Crippen LogP contribution in [0.25, 0.3) is 11.4 Å². The molecule has 5 aromatic carbocycles. The SMILES string of the molecule is NCc1cccc(-n2nc(C(F)(F)F)cc2C(=O)Nc2cc(C(NCC3CC3)c3ncc(C(N)c4cccc(-n5nc(C(F)(F)F)cc5C(=O)Nc5cccc(C(NCC6CC6)c6cccc(N)c6)c5)c4)s3)ccc2F)c1. The van der Waals surface area contributed by atoms with Gasteiger partial charge >= 0.3 is 12.4 Å². The summed E-state index contributed by atoms with van der Waals surface area (Å²) in [6.45, 7) is 1.40. The second-order valence-electron chi connectivity index (χ2n) is 19.2. The number of nitrogens with two attached hydrogens (primary N) is 3. The van der Waals surface area contributed by atoms with Crippen molar-refractivity contribution >= 4 is 40.2 Å². The number of hydrogen-bond acceptors (Lipinski definition) is 11. The zero-order chi connectivity index (χ0) is 54.2. The summed E-state index contributed by atoms with van der Waals surface area (Å²) in [6.07, 6.45) is -4.02. The first-order chi connectivity index (χ1) is 36.9. The molecule has 3 unspecified atom stereocenters. The number of benzene rings is 5. The highest BCUT2D eigenvalue weighted by Gasteiger charge is 2.38. The van der Waals surface area contributed by atoms with Crippen LogP contribution < -0.4 is 38.5 Å². The van der Waals surface area contributed by atoms with Crippen molar-refractivity contribution in [3.8, 4) is 11.4 Å². The van der Waals surface area contributed by atoms with E-state index in [1.54, 1.807) is 54.7 Å². The van der Waals surface area contributed by atoms with E-state index >= 15 is 4.39 Å². The van der Waals surface area contributed by atoms with Crippen LogP contribution >= 0.6 is 11.3 Å². The molecule has 0 saturated heterocycles. The van der Waals surface area contributed by atoms with Crippen LogP contribution in [0.2, 0.25) is 0 Å². The van der Waals surface area contributed by atoms with Gasteiger partial charge in [-0.05, 0) is 139 Å². The van der Waals surface area contributed by atoms with Crippen molar-refractivity contribution in [2.75, 3.05) is 29.5 Å². The summed E-state index contributed by atoms with van der Waals surface area (Å²) in [7, 11) is 0. The molecular weight excluding hydrogens is 1030 g/mol. The molecule has 0 spiro atoms. The van der Waals surface area contributed by atoms with Gasteiger partial charge in [-0.3, -0.25) is 9.59 Å². The zero-order valence-corrected chi connectivity index (χ0v) is 41.7. The molecule has 2 fully saturated rings. The third kappa shape index (κ3) is 12.3. The third-order valence-electron chi connectivity index (χ3n) is 13.3. The molecule has 398 valence electrons. The van der Waals surface area contributed by atoms with E-state index in [4.69, 9.17) is 22.2 Å². The topological polar surface area (TPSA) is 209 Å². The number of anilines is 3. The Bertz CT molecular complexity index is 3460. The van der Waals surface area contributed by atoms with E-state index in [2.05, 4.69) is 31.5 Å². The predicted octanol–water partition coefficient (Wildman–Crippen LogP) is 10.5. The summed E-state index contributed by atoms with van der Waals surface area (Å²) in [4.78, 5) is 33.1. The van der Waals surface area contributed by atoms with Gasteiger partial charge in [-0.25, -0.2) is 18.7 Å². The van der Waals surface area contributed by atoms with Crippen molar-refractivity contribution in [1.82, 2.24) is 35.2 Å². The van der Waals surface area contributed by atoms with E-state index in [9.17, 15) is 35.9 Å². The Hall–Kier alpha value is -7.76. The van der Waals surface area contributed by atoms with E-state index in [1.165, 1.54) is 47.7 Å². The predicted molar refractivity (Wildman–Crippen MR) is 278 cm³/mol. The van der Waals surface area contributed by atoms with E-state index < -0.39 is 59.1 Å². The average molecular weight is 1080 g/mol. The first-order valence-corrected chi connectivity index (χ1v) is 25.5. The van der Waals surface area contributed by atoms with Gasteiger partial charge in [-0.1, -0.05) is 54.6 Å². The summed E-state index contributed by atoms with van der Waals surface area (Å²) in [5, 5.41) is 20.3.